The van der Waals surface area contributed by atoms with E-state index in [1.54, 1.807) is 6.07 Å². The minimum absolute atomic E-state index is 0.0611. The first kappa shape index (κ1) is 20.1. The number of hydrogen-bond acceptors (Lipinski definition) is 4. The molecule has 6 nitrogen and oxygen atoms in total. The van der Waals surface area contributed by atoms with Gasteiger partial charge in [0.15, 0.2) is 11.6 Å². The number of carbonyl (C=O) groups excluding carboxylic acids is 1. The van der Waals surface area contributed by atoms with Gasteiger partial charge in [0.2, 0.25) is 5.91 Å². The molecule has 1 aliphatic heterocycles. The second kappa shape index (κ2) is 8.28. The van der Waals surface area contributed by atoms with E-state index in [9.17, 15) is 9.18 Å². The van der Waals surface area contributed by atoms with Crippen molar-refractivity contribution in [3.63, 3.8) is 0 Å². The van der Waals surface area contributed by atoms with E-state index < -0.39 is 11.9 Å². The Kier molecular flexibility index (Phi) is 5.55. The summed E-state index contributed by atoms with van der Waals surface area (Å²) in [5.74, 6) is -0.256. The maximum atomic E-state index is 14.2. The van der Waals surface area contributed by atoms with Crippen molar-refractivity contribution >= 4 is 5.91 Å². The van der Waals surface area contributed by atoms with Crippen LogP contribution < -0.4 is 10.1 Å². The molecule has 7 heteroatoms. The lowest BCUT2D eigenvalue weighted by atomic mass is 9.99. The van der Waals surface area contributed by atoms with E-state index in [0.29, 0.717) is 19.6 Å². The Morgan fingerprint density at radius 2 is 1.97 bits per heavy atom. The van der Waals surface area contributed by atoms with E-state index >= 15 is 0 Å². The first-order valence-electron chi connectivity index (χ1n) is 9.95. The number of halogens is 1. The zero-order valence-electron chi connectivity index (χ0n) is 17.4. The van der Waals surface area contributed by atoms with Crippen molar-refractivity contribution in [3.8, 4) is 11.4 Å². The number of methoxy groups -OCH3 is 1. The summed E-state index contributed by atoms with van der Waals surface area (Å²) in [5.41, 5.74) is 4.36. The van der Waals surface area contributed by atoms with Crippen LogP contribution in [0.25, 0.3) is 5.69 Å². The van der Waals surface area contributed by atoms with E-state index in [1.165, 1.54) is 13.2 Å². The van der Waals surface area contributed by atoms with Gasteiger partial charge >= 0.3 is 0 Å². The van der Waals surface area contributed by atoms with Gasteiger partial charge in [-0.1, -0.05) is 24.3 Å². The number of benzene rings is 2. The van der Waals surface area contributed by atoms with Gasteiger partial charge in [-0.3, -0.25) is 9.69 Å². The van der Waals surface area contributed by atoms with Crippen molar-refractivity contribution < 1.29 is 13.9 Å². The lowest BCUT2D eigenvalue weighted by molar-refractivity contribution is -0.129. The van der Waals surface area contributed by atoms with Crippen LogP contribution in [0.2, 0.25) is 0 Å². The fourth-order valence-corrected chi connectivity index (χ4v) is 4.11. The summed E-state index contributed by atoms with van der Waals surface area (Å²) in [6, 6.07) is 14.3. The second-order valence-electron chi connectivity index (χ2n) is 7.46. The predicted molar refractivity (Wildman–Crippen MR) is 112 cm³/mol. The fraction of sp³-hybridized carbons (Fsp3) is 0.304. The zero-order chi connectivity index (χ0) is 21.3. The number of nitrogens with zero attached hydrogens (tertiary/aromatic N) is 3. The summed E-state index contributed by atoms with van der Waals surface area (Å²) in [5, 5.41) is 7.67. The Morgan fingerprint density at radius 3 is 2.67 bits per heavy atom. The zero-order valence-corrected chi connectivity index (χ0v) is 17.4. The highest BCUT2D eigenvalue weighted by Crippen LogP contribution is 2.31. The van der Waals surface area contributed by atoms with E-state index in [1.807, 2.05) is 54.9 Å². The Balaban J connectivity index is 1.70. The molecular weight excluding hydrogens is 383 g/mol. The number of para-hydroxylation sites is 1. The smallest absolute Gasteiger partial charge is 0.242 e. The monoisotopic (exact) mass is 408 g/mol. The third kappa shape index (κ3) is 3.68. The molecule has 1 aliphatic rings. The summed E-state index contributed by atoms with van der Waals surface area (Å²) < 4.78 is 21.1. The summed E-state index contributed by atoms with van der Waals surface area (Å²) in [6.45, 7) is 5.58. The van der Waals surface area contributed by atoms with Crippen molar-refractivity contribution in [1.29, 1.82) is 0 Å². The number of aryl methyl sites for hydroxylation is 1. The van der Waals surface area contributed by atoms with Crippen molar-refractivity contribution in [2.45, 2.75) is 26.4 Å². The SMILES string of the molecule is COc1ccc(CN2CCNC(=O)C2c2c(C)nn(-c3ccccc3)c2C)cc1F. The summed E-state index contributed by atoms with van der Waals surface area (Å²) in [4.78, 5) is 15.0. The van der Waals surface area contributed by atoms with Gasteiger partial charge < -0.3 is 10.1 Å². The Morgan fingerprint density at radius 1 is 1.20 bits per heavy atom. The average Bonchev–Trinajstić information content (AvgIpc) is 3.03. The number of aromatic nitrogens is 2. The number of piperazine rings is 1. The molecule has 1 aromatic heterocycles. The topological polar surface area (TPSA) is 59.4 Å². The van der Waals surface area contributed by atoms with Crippen molar-refractivity contribution in [2.75, 3.05) is 20.2 Å². The van der Waals surface area contributed by atoms with Crippen LogP contribution in [-0.2, 0) is 11.3 Å². The number of ether oxygens (including phenoxy) is 1. The molecule has 1 amide bonds. The number of amides is 1. The molecule has 0 bridgehead atoms. The van der Waals surface area contributed by atoms with E-state index in [4.69, 9.17) is 9.84 Å². The lowest BCUT2D eigenvalue weighted by Crippen LogP contribution is -2.49. The highest BCUT2D eigenvalue weighted by Gasteiger charge is 2.35. The molecule has 0 radical (unpaired) electrons. The van der Waals surface area contributed by atoms with Gasteiger partial charge in [0.1, 0.15) is 6.04 Å². The van der Waals surface area contributed by atoms with Gasteiger partial charge in [-0.15, -0.1) is 0 Å². The molecule has 1 N–H and O–H groups in total. The largest absolute Gasteiger partial charge is 0.494 e. The van der Waals surface area contributed by atoms with E-state index in [2.05, 4.69) is 10.2 Å². The van der Waals surface area contributed by atoms with Gasteiger partial charge in [0.05, 0.1) is 18.5 Å². The minimum Gasteiger partial charge on any atom is -0.494 e. The van der Waals surface area contributed by atoms with Crippen molar-refractivity contribution in [1.82, 2.24) is 20.0 Å². The molecule has 0 saturated carbocycles. The molecule has 0 spiro atoms. The first-order chi connectivity index (χ1) is 14.5. The average molecular weight is 408 g/mol. The van der Waals surface area contributed by atoms with Crippen LogP contribution in [-0.4, -0.2) is 40.8 Å². The fourth-order valence-electron chi connectivity index (χ4n) is 4.11. The number of nitrogens with one attached hydrogen (secondary N) is 1. The highest BCUT2D eigenvalue weighted by molar-refractivity contribution is 5.84. The van der Waals surface area contributed by atoms with Crippen LogP contribution in [0.1, 0.15) is 28.6 Å². The van der Waals surface area contributed by atoms with Crippen LogP contribution >= 0.6 is 0 Å². The number of carbonyl (C=O) groups is 1. The molecule has 3 aromatic rings. The number of hydrogen-bond donors (Lipinski definition) is 1. The summed E-state index contributed by atoms with van der Waals surface area (Å²) in [6.07, 6.45) is 0. The van der Waals surface area contributed by atoms with Crippen molar-refractivity contribution in [3.05, 3.63) is 76.9 Å². The molecular formula is C23H25FN4O2. The molecule has 1 saturated heterocycles. The van der Waals surface area contributed by atoms with E-state index in [-0.39, 0.29) is 11.7 Å². The van der Waals surface area contributed by atoms with Crippen LogP contribution in [0.15, 0.2) is 48.5 Å². The standard InChI is InChI=1S/C23H25FN4O2/c1-15-21(16(2)28(26-15)18-7-5-4-6-8-18)22-23(29)25-11-12-27(22)14-17-9-10-20(30-3)19(24)13-17/h4-10,13,22H,11-12,14H2,1-3H3,(H,25,29). The Hall–Kier alpha value is -3.19. The third-order valence-corrected chi connectivity index (χ3v) is 5.54. The van der Waals surface area contributed by atoms with Gasteiger partial charge in [0.25, 0.3) is 0 Å². The van der Waals surface area contributed by atoms with Crippen LogP contribution in [0.3, 0.4) is 0 Å². The normalized spacial score (nSPS) is 17.1. The maximum Gasteiger partial charge on any atom is 0.242 e. The Bertz CT molecular complexity index is 1060. The van der Waals surface area contributed by atoms with Gasteiger partial charge in [0, 0.05) is 30.9 Å². The van der Waals surface area contributed by atoms with Gasteiger partial charge in [-0.25, -0.2) is 9.07 Å². The molecule has 1 unspecified atom stereocenters. The predicted octanol–water partition coefficient (Wildman–Crippen LogP) is 3.31. The summed E-state index contributed by atoms with van der Waals surface area (Å²) >= 11 is 0. The maximum absolute atomic E-state index is 14.2. The van der Waals surface area contributed by atoms with Crippen LogP contribution in [0.4, 0.5) is 4.39 Å². The molecule has 156 valence electrons. The summed E-state index contributed by atoms with van der Waals surface area (Å²) in [7, 11) is 1.44. The molecule has 1 fully saturated rings. The molecule has 2 heterocycles. The molecule has 1 atom stereocenters. The second-order valence-corrected chi connectivity index (χ2v) is 7.46. The lowest BCUT2D eigenvalue weighted by Gasteiger charge is -2.35. The first-order valence-corrected chi connectivity index (χ1v) is 9.95. The van der Waals surface area contributed by atoms with Gasteiger partial charge in [-0.05, 0) is 43.7 Å². The number of rotatable bonds is 5. The Labute approximate surface area is 175 Å². The van der Waals surface area contributed by atoms with Gasteiger partial charge in [-0.2, -0.15) is 5.10 Å². The third-order valence-electron chi connectivity index (χ3n) is 5.54. The van der Waals surface area contributed by atoms with E-state index in [0.717, 1.165) is 28.2 Å². The molecule has 30 heavy (non-hydrogen) atoms. The van der Waals surface area contributed by atoms with Crippen molar-refractivity contribution in [2.24, 2.45) is 0 Å². The molecule has 2 aromatic carbocycles. The highest BCUT2D eigenvalue weighted by atomic mass is 19.1. The minimum atomic E-state index is -0.485. The van der Waals surface area contributed by atoms with Crippen LogP contribution in [0.5, 0.6) is 5.75 Å². The molecule has 4 rings (SSSR count). The molecule has 0 aliphatic carbocycles. The van der Waals surface area contributed by atoms with Crippen LogP contribution in [0, 0.1) is 19.7 Å². The quantitative estimate of drug-likeness (QED) is 0.704.